The van der Waals surface area contributed by atoms with Crippen LogP contribution in [0.5, 0.6) is 11.5 Å². The van der Waals surface area contributed by atoms with Gasteiger partial charge in [-0.05, 0) is 47.3 Å². The molecule has 0 spiro atoms. The first-order valence-corrected chi connectivity index (χ1v) is 10.2. The van der Waals surface area contributed by atoms with Crippen LogP contribution in [0, 0.1) is 0 Å². The van der Waals surface area contributed by atoms with Gasteiger partial charge in [0.25, 0.3) is 0 Å². The van der Waals surface area contributed by atoms with E-state index < -0.39 is 0 Å². The molecule has 0 saturated carbocycles. The largest absolute Gasteiger partial charge is 0.453 e. The number of para-hydroxylation sites is 4. The summed E-state index contributed by atoms with van der Waals surface area (Å²) in [7, 11) is 0. The van der Waals surface area contributed by atoms with E-state index in [0.717, 1.165) is 22.9 Å². The third-order valence-corrected chi connectivity index (χ3v) is 6.56. The van der Waals surface area contributed by atoms with Crippen LogP contribution in [-0.4, -0.2) is 6.85 Å². The molecule has 0 amide bonds. The van der Waals surface area contributed by atoms with Gasteiger partial charge in [-0.15, -0.1) is 0 Å². The van der Waals surface area contributed by atoms with Crippen LogP contribution in [0.4, 0.5) is 11.4 Å². The minimum atomic E-state index is 0.0971. The van der Waals surface area contributed by atoms with Crippen molar-refractivity contribution >= 4 is 40.9 Å². The fourth-order valence-electron chi connectivity index (χ4n) is 4.17. The Bertz CT molecular complexity index is 1020. The Kier molecular flexibility index (Phi) is 3.53. The molecule has 6 rings (SSSR count). The van der Waals surface area contributed by atoms with Gasteiger partial charge in [0, 0.05) is 9.79 Å². The Hall–Kier alpha value is -3.11. The maximum absolute atomic E-state index is 6.23. The minimum Gasteiger partial charge on any atom is -0.453 e. The Morgan fingerprint density at radius 2 is 1.04 bits per heavy atom. The SMILES string of the molecule is c1ccc2c(c1)Oc1ccccc1N2B1c2ccccc2Sc2ccccc21. The highest BCUT2D eigenvalue weighted by Crippen LogP contribution is 2.47. The van der Waals surface area contributed by atoms with Crippen molar-refractivity contribution in [3.63, 3.8) is 0 Å². The average molecular weight is 377 g/mol. The molecule has 0 radical (unpaired) electrons. The molecule has 2 aliphatic heterocycles. The molecule has 4 heteroatoms. The summed E-state index contributed by atoms with van der Waals surface area (Å²) < 4.78 is 6.23. The van der Waals surface area contributed by atoms with Crippen LogP contribution in [0.1, 0.15) is 0 Å². The van der Waals surface area contributed by atoms with Crippen molar-refractivity contribution in [2.45, 2.75) is 9.79 Å². The molecule has 28 heavy (non-hydrogen) atoms. The second-order valence-electron chi connectivity index (χ2n) is 6.99. The van der Waals surface area contributed by atoms with Gasteiger partial charge in [-0.3, -0.25) is 0 Å². The van der Waals surface area contributed by atoms with E-state index in [2.05, 4.69) is 77.6 Å². The van der Waals surface area contributed by atoms with E-state index >= 15 is 0 Å². The highest BCUT2D eigenvalue weighted by atomic mass is 32.2. The second-order valence-corrected chi connectivity index (χ2v) is 8.07. The van der Waals surface area contributed by atoms with Gasteiger partial charge in [-0.25, -0.2) is 0 Å². The Balaban J connectivity index is 1.66. The number of benzene rings is 4. The van der Waals surface area contributed by atoms with Gasteiger partial charge < -0.3 is 9.55 Å². The van der Waals surface area contributed by atoms with E-state index in [1.54, 1.807) is 0 Å². The molecule has 0 saturated heterocycles. The first-order chi connectivity index (χ1) is 13.9. The molecule has 2 nitrogen and oxygen atoms in total. The summed E-state index contributed by atoms with van der Waals surface area (Å²) in [4.78, 5) is 5.06. The van der Waals surface area contributed by atoms with Gasteiger partial charge in [0.1, 0.15) is 11.5 Å². The first-order valence-electron chi connectivity index (χ1n) is 9.41. The summed E-state index contributed by atoms with van der Waals surface area (Å²) in [6.07, 6.45) is 0. The second kappa shape index (κ2) is 6.21. The van der Waals surface area contributed by atoms with Crippen LogP contribution in [0.15, 0.2) is 107 Å². The van der Waals surface area contributed by atoms with E-state index in [-0.39, 0.29) is 6.85 Å². The fourth-order valence-corrected chi connectivity index (χ4v) is 5.30. The number of hydrogen-bond donors (Lipinski definition) is 0. The highest BCUT2D eigenvalue weighted by Gasteiger charge is 2.39. The maximum atomic E-state index is 6.23. The van der Waals surface area contributed by atoms with Gasteiger partial charge in [-0.2, -0.15) is 0 Å². The van der Waals surface area contributed by atoms with E-state index in [1.807, 2.05) is 36.0 Å². The Morgan fingerprint density at radius 1 is 0.571 bits per heavy atom. The topological polar surface area (TPSA) is 12.5 Å². The summed E-state index contributed by atoms with van der Waals surface area (Å²) in [5, 5.41) is 0. The van der Waals surface area contributed by atoms with Gasteiger partial charge in [0.05, 0.1) is 11.4 Å². The average Bonchev–Trinajstić information content (AvgIpc) is 2.76. The van der Waals surface area contributed by atoms with Gasteiger partial charge in [0.15, 0.2) is 0 Å². The first kappa shape index (κ1) is 15.9. The zero-order valence-electron chi connectivity index (χ0n) is 15.1. The van der Waals surface area contributed by atoms with Crippen molar-refractivity contribution in [1.29, 1.82) is 0 Å². The summed E-state index contributed by atoms with van der Waals surface area (Å²) in [6.45, 7) is 0.0971. The quantitative estimate of drug-likeness (QED) is 0.423. The molecule has 4 aromatic carbocycles. The summed E-state index contributed by atoms with van der Waals surface area (Å²) in [5.41, 5.74) is 4.86. The maximum Gasteiger partial charge on any atom is 0.330 e. The molecule has 0 aliphatic carbocycles. The van der Waals surface area contributed by atoms with E-state index in [1.165, 1.54) is 20.7 Å². The van der Waals surface area contributed by atoms with Crippen LogP contribution < -0.4 is 20.5 Å². The predicted molar refractivity (Wildman–Crippen MR) is 117 cm³/mol. The molecule has 2 aliphatic rings. The lowest BCUT2D eigenvalue weighted by atomic mass is 9.48. The number of ether oxygens (including phenoxy) is 1. The zero-order chi connectivity index (χ0) is 18.5. The molecule has 0 bridgehead atoms. The summed E-state index contributed by atoms with van der Waals surface area (Å²) in [6, 6.07) is 34.1. The lowest BCUT2D eigenvalue weighted by molar-refractivity contribution is 0.478. The molecule has 132 valence electrons. The van der Waals surface area contributed by atoms with E-state index in [9.17, 15) is 0 Å². The summed E-state index contributed by atoms with van der Waals surface area (Å²) in [5.74, 6) is 1.80. The van der Waals surface area contributed by atoms with Crippen LogP contribution >= 0.6 is 11.8 Å². The molecule has 0 aromatic heterocycles. The molecular weight excluding hydrogens is 361 g/mol. The van der Waals surface area contributed by atoms with Crippen LogP contribution in [0.25, 0.3) is 0 Å². The fraction of sp³-hybridized carbons (Fsp3) is 0. The highest BCUT2D eigenvalue weighted by molar-refractivity contribution is 8.00. The number of rotatable bonds is 1. The lowest BCUT2D eigenvalue weighted by Gasteiger charge is -2.40. The zero-order valence-corrected chi connectivity index (χ0v) is 15.9. The smallest absolute Gasteiger partial charge is 0.330 e. The lowest BCUT2D eigenvalue weighted by Crippen LogP contribution is -2.58. The molecule has 2 heterocycles. The molecule has 0 N–H and O–H groups in total. The Morgan fingerprint density at radius 3 is 1.61 bits per heavy atom. The normalized spacial score (nSPS) is 13.7. The molecule has 0 atom stereocenters. The minimum absolute atomic E-state index is 0.0971. The van der Waals surface area contributed by atoms with Gasteiger partial charge in [0.2, 0.25) is 0 Å². The third kappa shape index (κ3) is 2.31. The number of anilines is 2. The number of nitrogens with zero attached hydrogens (tertiary/aromatic N) is 1. The van der Waals surface area contributed by atoms with Gasteiger partial charge >= 0.3 is 6.85 Å². The number of fused-ring (bicyclic) bond motifs is 4. The van der Waals surface area contributed by atoms with Crippen LogP contribution in [-0.2, 0) is 0 Å². The molecule has 0 fully saturated rings. The van der Waals surface area contributed by atoms with Crippen molar-refractivity contribution in [1.82, 2.24) is 0 Å². The van der Waals surface area contributed by atoms with E-state index in [4.69, 9.17) is 4.74 Å². The predicted octanol–water partition coefficient (Wildman–Crippen LogP) is 5.20. The van der Waals surface area contributed by atoms with Crippen LogP contribution in [0.3, 0.4) is 0 Å². The molecular formula is C24H16BNOS. The molecule has 0 unspecified atom stereocenters. The van der Waals surface area contributed by atoms with Crippen molar-refractivity contribution in [3.05, 3.63) is 97.1 Å². The van der Waals surface area contributed by atoms with Crippen LogP contribution in [0.2, 0.25) is 0 Å². The standard InChI is InChI=1S/C24H16BNOS/c1-7-15-23-17(9-1)25(18-10-2-8-16-24(18)28-23)26-19-11-3-5-13-21(19)27-22-14-6-4-12-20(22)26/h1-16H. The van der Waals surface area contributed by atoms with Crippen molar-refractivity contribution in [2.24, 2.45) is 0 Å². The van der Waals surface area contributed by atoms with Crippen molar-refractivity contribution < 1.29 is 4.74 Å². The van der Waals surface area contributed by atoms with E-state index in [0.29, 0.717) is 0 Å². The van der Waals surface area contributed by atoms with Crippen molar-refractivity contribution in [2.75, 3.05) is 4.81 Å². The monoisotopic (exact) mass is 377 g/mol. The molecule has 4 aromatic rings. The number of hydrogen-bond acceptors (Lipinski definition) is 3. The summed E-state index contributed by atoms with van der Waals surface area (Å²) >= 11 is 1.85. The third-order valence-electron chi connectivity index (χ3n) is 5.37. The van der Waals surface area contributed by atoms with Gasteiger partial charge in [-0.1, -0.05) is 72.4 Å². The Labute approximate surface area is 168 Å². The van der Waals surface area contributed by atoms with Crippen molar-refractivity contribution in [3.8, 4) is 11.5 Å².